The van der Waals surface area contributed by atoms with E-state index in [0.29, 0.717) is 11.5 Å². The summed E-state index contributed by atoms with van der Waals surface area (Å²) in [5.74, 6) is 2.31. The van der Waals surface area contributed by atoms with Crippen LogP contribution in [0.2, 0.25) is 0 Å². The Morgan fingerprint density at radius 1 is 1.11 bits per heavy atom. The van der Waals surface area contributed by atoms with E-state index < -0.39 is 0 Å². The Morgan fingerprint density at radius 2 is 1.93 bits per heavy atom. The summed E-state index contributed by atoms with van der Waals surface area (Å²) in [5, 5.41) is 9.33. The summed E-state index contributed by atoms with van der Waals surface area (Å²) in [6.07, 6.45) is 7.07. The maximum atomic E-state index is 9.33. The van der Waals surface area contributed by atoms with Crippen LogP contribution in [-0.4, -0.2) is 72.4 Å². The van der Waals surface area contributed by atoms with Crippen LogP contribution in [0.4, 0.5) is 17.6 Å². The van der Waals surface area contributed by atoms with E-state index in [2.05, 4.69) is 35.7 Å². The van der Waals surface area contributed by atoms with Crippen LogP contribution in [0.25, 0.3) is 0 Å². The minimum Gasteiger partial charge on any atom is -0.378 e. The van der Waals surface area contributed by atoms with E-state index in [1.165, 1.54) is 0 Å². The number of hydrogen-bond acceptors (Lipinski definition) is 9. The van der Waals surface area contributed by atoms with Gasteiger partial charge in [-0.25, -0.2) is 15.0 Å². The number of piperidine rings is 1. The van der Waals surface area contributed by atoms with Gasteiger partial charge in [-0.2, -0.15) is 10.2 Å². The molecule has 0 radical (unpaired) electrons. The van der Waals surface area contributed by atoms with Crippen molar-refractivity contribution in [3.05, 3.63) is 30.4 Å². The zero-order chi connectivity index (χ0) is 19.3. The Morgan fingerprint density at radius 3 is 2.75 bits per heavy atom. The number of rotatable bonds is 4. The van der Waals surface area contributed by atoms with Gasteiger partial charge in [0, 0.05) is 57.9 Å². The highest BCUT2D eigenvalue weighted by Crippen LogP contribution is 2.24. The second-order valence-electron chi connectivity index (χ2n) is 7.01. The fourth-order valence-corrected chi connectivity index (χ4v) is 3.75. The van der Waals surface area contributed by atoms with Crippen LogP contribution in [0.15, 0.2) is 24.7 Å². The molecule has 2 aliphatic heterocycles. The van der Waals surface area contributed by atoms with Crippen LogP contribution >= 0.6 is 0 Å². The van der Waals surface area contributed by atoms with Gasteiger partial charge in [-0.15, -0.1) is 0 Å². The van der Waals surface area contributed by atoms with Gasteiger partial charge in [0.25, 0.3) is 0 Å². The quantitative estimate of drug-likeness (QED) is 0.772. The molecular weight excluding hydrogens is 356 g/mol. The van der Waals surface area contributed by atoms with Gasteiger partial charge in [-0.3, -0.25) is 0 Å². The Bertz CT molecular complexity index is 848. The molecule has 2 fully saturated rings. The maximum absolute atomic E-state index is 9.33. The molecule has 2 aromatic rings. The molecule has 0 spiro atoms. The molecule has 2 aliphatic rings. The molecule has 0 amide bonds. The van der Waals surface area contributed by atoms with E-state index >= 15 is 0 Å². The maximum Gasteiger partial charge on any atom is 0.227 e. The number of likely N-dealkylation sites (N-methyl/N-ethyl adjacent to an activating group) is 1. The van der Waals surface area contributed by atoms with Crippen LogP contribution in [0.3, 0.4) is 0 Å². The zero-order valence-electron chi connectivity index (χ0n) is 16.0. The summed E-state index contributed by atoms with van der Waals surface area (Å²) >= 11 is 0. The Hall–Kier alpha value is -2.99. The van der Waals surface area contributed by atoms with Crippen LogP contribution in [0.1, 0.15) is 18.5 Å². The Balaban J connectivity index is 1.50. The SMILES string of the molecule is CN(c1nccc(N2CCOCC2)n1)C1CCCN(c2nccnc2C#N)C1. The highest BCUT2D eigenvalue weighted by atomic mass is 16.5. The van der Waals surface area contributed by atoms with Crippen molar-refractivity contribution in [2.75, 3.05) is 61.1 Å². The molecule has 1 atom stereocenters. The zero-order valence-corrected chi connectivity index (χ0v) is 16.0. The average molecular weight is 380 g/mol. The summed E-state index contributed by atoms with van der Waals surface area (Å²) in [5.41, 5.74) is 0.372. The van der Waals surface area contributed by atoms with Gasteiger partial charge in [0.15, 0.2) is 11.5 Å². The van der Waals surface area contributed by atoms with E-state index in [1.807, 2.05) is 19.3 Å². The van der Waals surface area contributed by atoms with Crippen molar-refractivity contribution in [3.63, 3.8) is 0 Å². The average Bonchev–Trinajstić information content (AvgIpc) is 2.79. The molecule has 2 aromatic heterocycles. The lowest BCUT2D eigenvalue weighted by molar-refractivity contribution is 0.122. The molecule has 28 heavy (non-hydrogen) atoms. The number of morpholine rings is 1. The van der Waals surface area contributed by atoms with Gasteiger partial charge in [0.05, 0.1) is 13.2 Å². The van der Waals surface area contributed by atoms with Crippen molar-refractivity contribution in [2.24, 2.45) is 0 Å². The summed E-state index contributed by atoms with van der Waals surface area (Å²) in [7, 11) is 2.04. The van der Waals surface area contributed by atoms with Crippen molar-refractivity contribution in [2.45, 2.75) is 18.9 Å². The number of nitrogens with zero attached hydrogens (tertiary/aromatic N) is 8. The first-order valence-electron chi connectivity index (χ1n) is 9.61. The van der Waals surface area contributed by atoms with Crippen molar-refractivity contribution >= 4 is 17.6 Å². The van der Waals surface area contributed by atoms with Gasteiger partial charge < -0.3 is 19.4 Å². The summed E-state index contributed by atoms with van der Waals surface area (Å²) in [4.78, 5) is 24.3. The molecule has 1 unspecified atom stereocenters. The summed E-state index contributed by atoms with van der Waals surface area (Å²) in [6, 6.07) is 4.33. The smallest absolute Gasteiger partial charge is 0.227 e. The molecule has 0 N–H and O–H groups in total. The first kappa shape index (κ1) is 18.4. The van der Waals surface area contributed by atoms with Crippen molar-refractivity contribution < 1.29 is 4.74 Å². The van der Waals surface area contributed by atoms with Crippen molar-refractivity contribution in [1.29, 1.82) is 5.26 Å². The second-order valence-corrected chi connectivity index (χ2v) is 7.01. The molecular formula is C19H24N8O. The van der Waals surface area contributed by atoms with Crippen LogP contribution in [0, 0.1) is 11.3 Å². The lowest BCUT2D eigenvalue weighted by Gasteiger charge is -2.38. The predicted molar refractivity (Wildman–Crippen MR) is 105 cm³/mol. The fourth-order valence-electron chi connectivity index (χ4n) is 3.75. The van der Waals surface area contributed by atoms with E-state index in [0.717, 1.165) is 64.0 Å². The van der Waals surface area contributed by atoms with E-state index in [-0.39, 0.29) is 6.04 Å². The monoisotopic (exact) mass is 380 g/mol. The lowest BCUT2D eigenvalue weighted by atomic mass is 10.0. The first-order chi connectivity index (χ1) is 13.8. The summed E-state index contributed by atoms with van der Waals surface area (Å²) < 4.78 is 5.43. The van der Waals surface area contributed by atoms with E-state index in [9.17, 15) is 5.26 Å². The number of nitriles is 1. The summed E-state index contributed by atoms with van der Waals surface area (Å²) in [6.45, 7) is 4.78. The molecule has 0 bridgehead atoms. The highest BCUT2D eigenvalue weighted by molar-refractivity contribution is 5.51. The fraction of sp³-hybridized carbons (Fsp3) is 0.526. The normalized spacial score (nSPS) is 19.9. The number of anilines is 3. The van der Waals surface area contributed by atoms with Crippen molar-refractivity contribution in [3.8, 4) is 6.07 Å². The van der Waals surface area contributed by atoms with Gasteiger partial charge in [0.1, 0.15) is 11.9 Å². The minimum absolute atomic E-state index is 0.238. The minimum atomic E-state index is 0.238. The van der Waals surface area contributed by atoms with Gasteiger partial charge >= 0.3 is 0 Å². The van der Waals surface area contributed by atoms with E-state index in [1.54, 1.807) is 12.4 Å². The second kappa shape index (κ2) is 8.35. The molecule has 9 heteroatoms. The first-order valence-corrected chi connectivity index (χ1v) is 9.61. The molecule has 4 rings (SSSR count). The van der Waals surface area contributed by atoms with Crippen molar-refractivity contribution in [1.82, 2.24) is 19.9 Å². The highest BCUT2D eigenvalue weighted by Gasteiger charge is 2.27. The molecule has 0 aromatic carbocycles. The third-order valence-electron chi connectivity index (χ3n) is 5.31. The van der Waals surface area contributed by atoms with Gasteiger partial charge in [-0.1, -0.05) is 0 Å². The molecule has 2 saturated heterocycles. The van der Waals surface area contributed by atoms with Gasteiger partial charge in [0.2, 0.25) is 5.95 Å². The molecule has 9 nitrogen and oxygen atoms in total. The van der Waals surface area contributed by atoms with Gasteiger partial charge in [-0.05, 0) is 18.9 Å². The van der Waals surface area contributed by atoms with Crippen LogP contribution in [0.5, 0.6) is 0 Å². The Labute approximate surface area is 164 Å². The van der Waals surface area contributed by atoms with Crippen LogP contribution < -0.4 is 14.7 Å². The molecule has 0 saturated carbocycles. The molecule has 146 valence electrons. The largest absolute Gasteiger partial charge is 0.378 e. The standard InChI is InChI=1S/C19H24N8O/c1-25(19-23-5-4-17(24-19)26-9-11-28-12-10-26)15-3-2-8-27(14-15)18-16(13-20)21-6-7-22-18/h4-7,15H,2-3,8-12,14H2,1H3. The molecule has 0 aliphatic carbocycles. The number of ether oxygens (including phenoxy) is 1. The third-order valence-corrected chi connectivity index (χ3v) is 5.31. The topological polar surface area (TPSA) is 94.3 Å². The van der Waals surface area contributed by atoms with Crippen LogP contribution in [-0.2, 0) is 4.74 Å². The molecule has 4 heterocycles. The third kappa shape index (κ3) is 3.82. The Kier molecular flexibility index (Phi) is 5.48. The lowest BCUT2D eigenvalue weighted by Crippen LogP contribution is -2.48. The van der Waals surface area contributed by atoms with E-state index in [4.69, 9.17) is 9.72 Å². The predicted octanol–water partition coefficient (Wildman–Crippen LogP) is 1.08. The number of hydrogen-bond donors (Lipinski definition) is 0. The number of aromatic nitrogens is 4.